The van der Waals surface area contributed by atoms with Crippen molar-refractivity contribution >= 4 is 5.95 Å². The molecule has 1 heterocycles. The van der Waals surface area contributed by atoms with Crippen LogP contribution in [0.15, 0.2) is 6.20 Å². The van der Waals surface area contributed by atoms with E-state index in [0.29, 0.717) is 6.04 Å². The van der Waals surface area contributed by atoms with Crippen LogP contribution in [-0.2, 0) is 6.54 Å². The van der Waals surface area contributed by atoms with Crippen molar-refractivity contribution in [1.29, 1.82) is 0 Å². The van der Waals surface area contributed by atoms with Crippen molar-refractivity contribution in [2.75, 3.05) is 5.32 Å². The molecule has 1 aromatic heterocycles. The van der Waals surface area contributed by atoms with Crippen LogP contribution >= 0.6 is 0 Å². The zero-order valence-corrected chi connectivity index (χ0v) is 10.8. The van der Waals surface area contributed by atoms with Gasteiger partial charge in [-0.2, -0.15) is 0 Å². The van der Waals surface area contributed by atoms with Gasteiger partial charge in [-0.1, -0.05) is 20.8 Å². The SMILES string of the molecule is CCn1cc(C)nc1NC(C)C(C)(C)C. The smallest absolute Gasteiger partial charge is 0.203 e. The molecule has 0 bridgehead atoms. The summed E-state index contributed by atoms with van der Waals surface area (Å²) >= 11 is 0. The second-order valence-corrected chi connectivity index (χ2v) is 5.22. The molecule has 0 radical (unpaired) electrons. The fourth-order valence-electron chi connectivity index (χ4n) is 1.31. The number of imidazole rings is 1. The number of nitrogens with one attached hydrogen (secondary N) is 1. The number of hydrogen-bond acceptors (Lipinski definition) is 2. The van der Waals surface area contributed by atoms with Gasteiger partial charge >= 0.3 is 0 Å². The van der Waals surface area contributed by atoms with E-state index < -0.39 is 0 Å². The second kappa shape index (κ2) is 4.25. The molecule has 0 spiro atoms. The zero-order chi connectivity index (χ0) is 11.6. The highest BCUT2D eigenvalue weighted by atomic mass is 15.2. The first-order valence-corrected chi connectivity index (χ1v) is 5.65. The van der Waals surface area contributed by atoms with E-state index in [2.05, 4.69) is 55.7 Å². The summed E-state index contributed by atoms with van der Waals surface area (Å²) in [6, 6.07) is 0.407. The zero-order valence-electron chi connectivity index (χ0n) is 10.8. The Balaban J connectivity index is 2.80. The lowest BCUT2D eigenvalue weighted by Gasteiger charge is -2.28. The molecule has 86 valence electrons. The molecule has 15 heavy (non-hydrogen) atoms. The van der Waals surface area contributed by atoms with Crippen LogP contribution in [0, 0.1) is 12.3 Å². The molecule has 0 saturated carbocycles. The van der Waals surface area contributed by atoms with Crippen LogP contribution in [-0.4, -0.2) is 15.6 Å². The van der Waals surface area contributed by atoms with Crippen molar-refractivity contribution in [3.63, 3.8) is 0 Å². The van der Waals surface area contributed by atoms with Crippen LogP contribution in [0.25, 0.3) is 0 Å². The predicted molar refractivity (Wildman–Crippen MR) is 65.2 cm³/mol. The molecule has 1 atom stereocenters. The molecular weight excluding hydrogens is 186 g/mol. The first kappa shape index (κ1) is 12.1. The third kappa shape index (κ3) is 2.98. The van der Waals surface area contributed by atoms with Crippen LogP contribution in [0.1, 0.15) is 40.3 Å². The lowest BCUT2D eigenvalue weighted by molar-refractivity contribution is 0.357. The van der Waals surface area contributed by atoms with E-state index in [1.807, 2.05) is 6.92 Å². The Kier molecular flexibility index (Phi) is 3.42. The average Bonchev–Trinajstić information content (AvgIpc) is 2.44. The van der Waals surface area contributed by atoms with Gasteiger partial charge in [0.1, 0.15) is 0 Å². The van der Waals surface area contributed by atoms with Gasteiger partial charge in [0, 0.05) is 18.8 Å². The Morgan fingerprint density at radius 3 is 2.53 bits per heavy atom. The summed E-state index contributed by atoms with van der Waals surface area (Å²) in [6.07, 6.45) is 2.08. The highest BCUT2D eigenvalue weighted by Gasteiger charge is 2.21. The van der Waals surface area contributed by atoms with Crippen molar-refractivity contribution in [3.8, 4) is 0 Å². The van der Waals surface area contributed by atoms with Crippen molar-refractivity contribution in [2.24, 2.45) is 5.41 Å². The summed E-state index contributed by atoms with van der Waals surface area (Å²) in [7, 11) is 0. The highest BCUT2D eigenvalue weighted by Crippen LogP contribution is 2.22. The number of aromatic nitrogens is 2. The highest BCUT2D eigenvalue weighted by molar-refractivity contribution is 5.30. The summed E-state index contributed by atoms with van der Waals surface area (Å²) in [5, 5.41) is 3.47. The average molecular weight is 209 g/mol. The maximum Gasteiger partial charge on any atom is 0.203 e. The molecule has 0 aliphatic carbocycles. The van der Waals surface area contributed by atoms with Crippen LogP contribution in [0.4, 0.5) is 5.95 Å². The number of hydrogen-bond donors (Lipinski definition) is 1. The van der Waals surface area contributed by atoms with Gasteiger partial charge in [-0.3, -0.25) is 0 Å². The topological polar surface area (TPSA) is 29.9 Å². The molecular formula is C12H23N3. The maximum absolute atomic E-state index is 4.49. The van der Waals surface area contributed by atoms with Crippen LogP contribution < -0.4 is 5.32 Å². The Morgan fingerprint density at radius 1 is 1.47 bits per heavy atom. The third-order valence-electron chi connectivity index (χ3n) is 2.88. The Bertz CT molecular complexity index is 320. The molecule has 0 amide bonds. The van der Waals surface area contributed by atoms with Gasteiger partial charge in [-0.25, -0.2) is 4.98 Å². The lowest BCUT2D eigenvalue weighted by Crippen LogP contribution is -2.31. The van der Waals surface area contributed by atoms with Crippen LogP contribution in [0.3, 0.4) is 0 Å². The molecule has 3 heteroatoms. The van der Waals surface area contributed by atoms with Gasteiger partial charge in [0.25, 0.3) is 0 Å². The minimum atomic E-state index is 0.248. The first-order valence-electron chi connectivity index (χ1n) is 5.65. The van der Waals surface area contributed by atoms with Gasteiger partial charge in [0.15, 0.2) is 0 Å². The van der Waals surface area contributed by atoms with Gasteiger partial charge < -0.3 is 9.88 Å². The minimum Gasteiger partial charge on any atom is -0.353 e. The standard InChI is InChI=1S/C12H23N3/c1-7-15-8-9(2)13-11(15)14-10(3)12(4,5)6/h8,10H,7H2,1-6H3,(H,13,14). The van der Waals surface area contributed by atoms with Gasteiger partial charge in [-0.05, 0) is 26.2 Å². The molecule has 1 rings (SSSR count). The number of rotatable bonds is 3. The molecule has 0 aliphatic heterocycles. The van der Waals surface area contributed by atoms with E-state index in [1.54, 1.807) is 0 Å². The fourth-order valence-corrected chi connectivity index (χ4v) is 1.31. The van der Waals surface area contributed by atoms with E-state index in [9.17, 15) is 0 Å². The molecule has 0 aromatic carbocycles. The van der Waals surface area contributed by atoms with Gasteiger partial charge in [0.2, 0.25) is 5.95 Å². The molecule has 1 unspecified atom stereocenters. The van der Waals surface area contributed by atoms with Crippen molar-refractivity contribution in [1.82, 2.24) is 9.55 Å². The molecule has 3 nitrogen and oxygen atoms in total. The van der Waals surface area contributed by atoms with Crippen LogP contribution in [0.2, 0.25) is 0 Å². The van der Waals surface area contributed by atoms with Crippen molar-refractivity contribution < 1.29 is 0 Å². The van der Waals surface area contributed by atoms with Crippen molar-refractivity contribution in [3.05, 3.63) is 11.9 Å². The molecule has 0 aliphatic rings. The Hall–Kier alpha value is -0.990. The third-order valence-corrected chi connectivity index (χ3v) is 2.88. The van der Waals surface area contributed by atoms with E-state index >= 15 is 0 Å². The Morgan fingerprint density at radius 2 is 2.07 bits per heavy atom. The number of nitrogens with zero attached hydrogens (tertiary/aromatic N) is 2. The molecule has 0 saturated heterocycles. The summed E-state index contributed by atoms with van der Waals surface area (Å²) in [5.74, 6) is 0.984. The summed E-state index contributed by atoms with van der Waals surface area (Å²) in [6.45, 7) is 14.0. The van der Waals surface area contributed by atoms with E-state index in [4.69, 9.17) is 0 Å². The quantitative estimate of drug-likeness (QED) is 0.829. The van der Waals surface area contributed by atoms with Gasteiger partial charge in [-0.15, -0.1) is 0 Å². The predicted octanol–water partition coefficient (Wildman–Crippen LogP) is 3.06. The number of anilines is 1. The fraction of sp³-hybridized carbons (Fsp3) is 0.750. The molecule has 1 aromatic rings. The summed E-state index contributed by atoms with van der Waals surface area (Å²) < 4.78 is 2.15. The molecule has 0 fully saturated rings. The first-order chi connectivity index (χ1) is 6.84. The van der Waals surface area contributed by atoms with E-state index in [0.717, 1.165) is 18.2 Å². The normalized spacial score (nSPS) is 14.0. The monoisotopic (exact) mass is 209 g/mol. The van der Waals surface area contributed by atoms with Crippen molar-refractivity contribution in [2.45, 2.75) is 54.1 Å². The lowest BCUT2D eigenvalue weighted by atomic mass is 9.88. The number of aryl methyl sites for hydroxylation is 2. The van der Waals surface area contributed by atoms with E-state index in [1.165, 1.54) is 0 Å². The largest absolute Gasteiger partial charge is 0.353 e. The Labute approximate surface area is 92.9 Å². The summed E-state index contributed by atoms with van der Waals surface area (Å²) in [4.78, 5) is 4.49. The van der Waals surface area contributed by atoms with Gasteiger partial charge in [0.05, 0.1) is 5.69 Å². The minimum absolute atomic E-state index is 0.248. The van der Waals surface area contributed by atoms with Crippen LogP contribution in [0.5, 0.6) is 0 Å². The summed E-state index contributed by atoms with van der Waals surface area (Å²) in [5.41, 5.74) is 1.32. The van der Waals surface area contributed by atoms with E-state index in [-0.39, 0.29) is 5.41 Å². The maximum atomic E-state index is 4.49. The molecule has 1 N–H and O–H groups in total. The second-order valence-electron chi connectivity index (χ2n) is 5.22.